The van der Waals surface area contributed by atoms with Crippen molar-refractivity contribution < 1.29 is 0 Å². The molecule has 94 valence electrons. The maximum atomic E-state index is 4.66. The van der Waals surface area contributed by atoms with Gasteiger partial charge in [-0.2, -0.15) is 5.10 Å². The molecule has 3 nitrogen and oxygen atoms in total. The van der Waals surface area contributed by atoms with Crippen LogP contribution in [0, 0.1) is 0 Å². The van der Waals surface area contributed by atoms with Crippen LogP contribution >= 0.6 is 0 Å². The maximum Gasteiger partial charge on any atom is 0.0762 e. The fraction of sp³-hybridized carbons (Fsp3) is 0.643. The predicted molar refractivity (Wildman–Crippen MR) is 70.8 cm³/mol. The zero-order valence-electron chi connectivity index (χ0n) is 10.7. The molecule has 17 heavy (non-hydrogen) atoms. The second kappa shape index (κ2) is 6.01. The molecule has 3 heteroatoms. The van der Waals surface area contributed by atoms with Crippen LogP contribution in [-0.2, 0) is 6.54 Å². The van der Waals surface area contributed by atoms with Crippen molar-refractivity contribution in [2.24, 2.45) is 0 Å². The lowest BCUT2D eigenvalue weighted by Crippen LogP contribution is -2.23. The van der Waals surface area contributed by atoms with E-state index in [4.69, 9.17) is 0 Å². The monoisotopic (exact) mass is 233 g/mol. The highest BCUT2D eigenvalue weighted by atomic mass is 15.3. The highest BCUT2D eigenvalue weighted by Crippen LogP contribution is 2.27. The topological polar surface area (TPSA) is 29.9 Å². The first kappa shape index (κ1) is 12.4. The molecule has 0 bridgehead atoms. The summed E-state index contributed by atoms with van der Waals surface area (Å²) in [6.07, 6.45) is 10.7. The van der Waals surface area contributed by atoms with E-state index in [-0.39, 0.29) is 0 Å². The molecule has 1 aromatic heterocycles. The summed E-state index contributed by atoms with van der Waals surface area (Å²) >= 11 is 0. The molecule has 1 saturated carbocycles. The summed E-state index contributed by atoms with van der Waals surface area (Å²) in [4.78, 5) is 0. The van der Waals surface area contributed by atoms with E-state index < -0.39 is 0 Å². The van der Waals surface area contributed by atoms with E-state index in [2.05, 4.69) is 40.9 Å². The van der Waals surface area contributed by atoms with Gasteiger partial charge in [0, 0.05) is 18.8 Å². The lowest BCUT2D eigenvalue weighted by molar-refractivity contribution is 0.327. The summed E-state index contributed by atoms with van der Waals surface area (Å²) in [7, 11) is 0. The molecule has 1 unspecified atom stereocenters. The normalized spacial score (nSPS) is 19.1. The van der Waals surface area contributed by atoms with Crippen LogP contribution in [0.5, 0.6) is 0 Å². The van der Waals surface area contributed by atoms with Crippen LogP contribution in [0.25, 0.3) is 0 Å². The van der Waals surface area contributed by atoms with Gasteiger partial charge in [-0.3, -0.25) is 4.68 Å². The van der Waals surface area contributed by atoms with Gasteiger partial charge in [0.15, 0.2) is 0 Å². The van der Waals surface area contributed by atoms with Crippen molar-refractivity contribution in [3.63, 3.8) is 0 Å². The van der Waals surface area contributed by atoms with Gasteiger partial charge in [-0.15, -0.1) is 6.58 Å². The Morgan fingerprint density at radius 3 is 3.00 bits per heavy atom. The summed E-state index contributed by atoms with van der Waals surface area (Å²) in [6, 6.07) is 3.10. The van der Waals surface area contributed by atoms with Gasteiger partial charge < -0.3 is 5.32 Å². The molecule has 1 heterocycles. The van der Waals surface area contributed by atoms with E-state index in [9.17, 15) is 0 Å². The van der Waals surface area contributed by atoms with Crippen LogP contribution in [0.2, 0.25) is 0 Å². The molecule has 0 spiro atoms. The third kappa shape index (κ3) is 3.43. The average Bonchev–Trinajstić information content (AvgIpc) is 2.86. The van der Waals surface area contributed by atoms with Gasteiger partial charge in [0.25, 0.3) is 0 Å². The highest BCUT2D eigenvalue weighted by Gasteiger charge is 2.15. The number of hydrogen-bond donors (Lipinski definition) is 1. The first-order chi connectivity index (χ1) is 8.29. The lowest BCUT2D eigenvalue weighted by atomic mass is 9.96. The molecule has 1 fully saturated rings. The van der Waals surface area contributed by atoms with Crippen molar-refractivity contribution in [1.29, 1.82) is 0 Å². The van der Waals surface area contributed by atoms with Gasteiger partial charge in [-0.1, -0.05) is 25.3 Å². The number of aromatic nitrogens is 2. The molecule has 0 saturated heterocycles. The smallest absolute Gasteiger partial charge is 0.0762 e. The van der Waals surface area contributed by atoms with Crippen molar-refractivity contribution in [1.82, 2.24) is 15.1 Å². The SMILES string of the molecule is C=CC(C)NCc1ccn(C2CCCCC2)n1. The van der Waals surface area contributed by atoms with Crippen LogP contribution in [-0.4, -0.2) is 15.8 Å². The van der Waals surface area contributed by atoms with E-state index in [1.165, 1.54) is 32.1 Å². The quantitative estimate of drug-likeness (QED) is 0.792. The molecule has 1 aromatic rings. The van der Waals surface area contributed by atoms with Gasteiger partial charge in [0.05, 0.1) is 11.7 Å². The Labute approximate surface area is 104 Å². The molecular weight excluding hydrogens is 210 g/mol. The summed E-state index contributed by atoms with van der Waals surface area (Å²) in [6.45, 7) is 6.69. The fourth-order valence-corrected chi connectivity index (χ4v) is 2.37. The van der Waals surface area contributed by atoms with Crippen molar-refractivity contribution >= 4 is 0 Å². The summed E-state index contributed by atoms with van der Waals surface area (Å²) in [5.74, 6) is 0. The number of nitrogens with zero attached hydrogens (tertiary/aromatic N) is 2. The third-order valence-corrected chi connectivity index (χ3v) is 3.57. The Morgan fingerprint density at radius 2 is 2.29 bits per heavy atom. The first-order valence-corrected chi connectivity index (χ1v) is 6.69. The van der Waals surface area contributed by atoms with Crippen LogP contribution in [0.4, 0.5) is 0 Å². The lowest BCUT2D eigenvalue weighted by Gasteiger charge is -2.21. The van der Waals surface area contributed by atoms with E-state index in [0.717, 1.165) is 12.2 Å². The van der Waals surface area contributed by atoms with Gasteiger partial charge >= 0.3 is 0 Å². The molecule has 0 radical (unpaired) electrons. The second-order valence-corrected chi connectivity index (χ2v) is 4.98. The largest absolute Gasteiger partial charge is 0.305 e. The zero-order valence-corrected chi connectivity index (χ0v) is 10.7. The zero-order chi connectivity index (χ0) is 12.1. The molecule has 1 aliphatic rings. The first-order valence-electron chi connectivity index (χ1n) is 6.69. The molecule has 1 atom stereocenters. The molecule has 2 rings (SSSR count). The minimum atomic E-state index is 0.342. The third-order valence-electron chi connectivity index (χ3n) is 3.57. The van der Waals surface area contributed by atoms with E-state index in [0.29, 0.717) is 12.1 Å². The number of hydrogen-bond acceptors (Lipinski definition) is 2. The highest BCUT2D eigenvalue weighted by molar-refractivity contribution is 5.00. The molecule has 1 aliphatic carbocycles. The number of nitrogens with one attached hydrogen (secondary N) is 1. The maximum absolute atomic E-state index is 4.66. The van der Waals surface area contributed by atoms with Crippen molar-refractivity contribution in [2.45, 2.75) is 57.7 Å². The van der Waals surface area contributed by atoms with Crippen LogP contribution in [0.1, 0.15) is 50.8 Å². The molecule has 0 aromatic carbocycles. The van der Waals surface area contributed by atoms with Crippen molar-refractivity contribution in [2.75, 3.05) is 0 Å². The van der Waals surface area contributed by atoms with E-state index in [1.54, 1.807) is 0 Å². The van der Waals surface area contributed by atoms with Crippen molar-refractivity contribution in [3.8, 4) is 0 Å². The van der Waals surface area contributed by atoms with Gasteiger partial charge in [-0.05, 0) is 25.8 Å². The van der Waals surface area contributed by atoms with Gasteiger partial charge in [0.1, 0.15) is 0 Å². The number of rotatable bonds is 5. The Kier molecular flexibility index (Phi) is 4.37. The Bertz CT molecular complexity index is 350. The average molecular weight is 233 g/mol. The predicted octanol–water partition coefficient (Wildman–Crippen LogP) is 3.05. The van der Waals surface area contributed by atoms with Gasteiger partial charge in [0.2, 0.25) is 0 Å². The summed E-state index contributed by atoms with van der Waals surface area (Å²) in [5, 5.41) is 8.03. The minimum absolute atomic E-state index is 0.342. The molecule has 0 amide bonds. The summed E-state index contributed by atoms with van der Waals surface area (Å²) < 4.78 is 2.16. The minimum Gasteiger partial charge on any atom is -0.305 e. The van der Waals surface area contributed by atoms with Crippen LogP contribution in [0.3, 0.4) is 0 Å². The Hall–Kier alpha value is -1.09. The molecule has 1 N–H and O–H groups in total. The van der Waals surface area contributed by atoms with Crippen LogP contribution < -0.4 is 5.32 Å². The second-order valence-electron chi connectivity index (χ2n) is 4.98. The summed E-state index contributed by atoms with van der Waals surface area (Å²) in [5.41, 5.74) is 1.13. The fourth-order valence-electron chi connectivity index (χ4n) is 2.37. The van der Waals surface area contributed by atoms with E-state index in [1.807, 2.05) is 6.08 Å². The van der Waals surface area contributed by atoms with Crippen LogP contribution in [0.15, 0.2) is 24.9 Å². The molecule has 0 aliphatic heterocycles. The molecular formula is C14H23N3. The standard InChI is InChI=1S/C14H23N3/c1-3-12(2)15-11-13-9-10-17(16-13)14-7-5-4-6-8-14/h3,9-10,12,14-15H,1,4-8,11H2,2H3. The van der Waals surface area contributed by atoms with Crippen molar-refractivity contribution in [3.05, 3.63) is 30.6 Å². The Morgan fingerprint density at radius 1 is 1.53 bits per heavy atom. The van der Waals surface area contributed by atoms with Gasteiger partial charge in [-0.25, -0.2) is 0 Å². The Balaban J connectivity index is 1.88. The van der Waals surface area contributed by atoms with E-state index >= 15 is 0 Å².